The summed E-state index contributed by atoms with van der Waals surface area (Å²) < 4.78 is 28.1. The highest BCUT2D eigenvalue weighted by molar-refractivity contribution is 7.89. The number of piperazine rings is 1. The minimum absolute atomic E-state index is 0.0462. The van der Waals surface area contributed by atoms with Gasteiger partial charge in [-0.1, -0.05) is 67.9 Å². The molecule has 2 heterocycles. The van der Waals surface area contributed by atoms with Gasteiger partial charge in [-0.25, -0.2) is 18.4 Å². The third-order valence-corrected chi connectivity index (χ3v) is 9.13. The Hall–Kier alpha value is -3.33. The van der Waals surface area contributed by atoms with Crippen molar-refractivity contribution in [3.63, 3.8) is 0 Å². The molecule has 1 fully saturated rings. The fraction of sp³-hybridized carbons (Fsp3) is 0.333. The lowest BCUT2D eigenvalue weighted by Gasteiger charge is -2.37. The minimum Gasteiger partial charge on any atom is -0.365 e. The summed E-state index contributed by atoms with van der Waals surface area (Å²) in [6, 6.07) is 25.6. The van der Waals surface area contributed by atoms with Crippen molar-refractivity contribution in [2.45, 2.75) is 44.2 Å². The van der Waals surface area contributed by atoms with Gasteiger partial charge < -0.3 is 5.32 Å². The Labute approximate surface area is 225 Å². The average molecular weight is 530 g/mol. The van der Waals surface area contributed by atoms with Crippen molar-refractivity contribution in [2.24, 2.45) is 0 Å². The zero-order valence-electron chi connectivity index (χ0n) is 22.0. The topological polar surface area (TPSA) is 78.4 Å². The number of aryl methyl sites for hydroxylation is 1. The third-order valence-electron chi connectivity index (χ3n) is 7.22. The maximum absolute atomic E-state index is 13.3. The van der Waals surface area contributed by atoms with Crippen LogP contribution in [0.1, 0.15) is 43.3 Å². The molecule has 7 nitrogen and oxygen atoms in total. The van der Waals surface area contributed by atoms with Gasteiger partial charge in [0.1, 0.15) is 11.6 Å². The van der Waals surface area contributed by atoms with E-state index < -0.39 is 10.0 Å². The van der Waals surface area contributed by atoms with Crippen LogP contribution in [-0.4, -0.2) is 53.8 Å². The van der Waals surface area contributed by atoms with Crippen molar-refractivity contribution in [3.05, 3.63) is 95.8 Å². The summed E-state index contributed by atoms with van der Waals surface area (Å²) in [6.45, 7) is 7.02. The van der Waals surface area contributed by atoms with Crippen LogP contribution in [0.2, 0.25) is 0 Å². The maximum Gasteiger partial charge on any atom is 0.243 e. The summed E-state index contributed by atoms with van der Waals surface area (Å²) in [5, 5.41) is 4.49. The predicted octanol–water partition coefficient (Wildman–Crippen LogP) is 5.26. The summed E-state index contributed by atoms with van der Waals surface area (Å²) in [6.07, 6.45) is 2.00. The lowest BCUT2D eigenvalue weighted by molar-refractivity contribution is 0.141. The third kappa shape index (κ3) is 5.72. The van der Waals surface area contributed by atoms with E-state index in [0.717, 1.165) is 41.0 Å². The minimum atomic E-state index is -3.51. The molecule has 0 radical (unpaired) electrons. The van der Waals surface area contributed by atoms with Gasteiger partial charge in [-0.15, -0.1) is 0 Å². The number of rotatable bonds is 9. The SMILES string of the molecule is CCCc1ccc(S(=O)(=O)N2CCN([C@H](C)c3nc(NCc4ccccc4)c4ccccc4n3)CC2)cc1. The van der Waals surface area contributed by atoms with Gasteiger partial charge in [-0.3, -0.25) is 4.90 Å². The first-order valence-electron chi connectivity index (χ1n) is 13.3. The van der Waals surface area contributed by atoms with Crippen molar-refractivity contribution < 1.29 is 8.42 Å². The van der Waals surface area contributed by atoms with E-state index >= 15 is 0 Å². The molecule has 1 aliphatic rings. The van der Waals surface area contributed by atoms with Crippen molar-refractivity contribution >= 4 is 26.7 Å². The highest BCUT2D eigenvalue weighted by Crippen LogP contribution is 2.27. The standard InChI is InChI=1S/C30H35N5O2S/c1-3-9-24-14-16-26(17-15-24)38(36,37)35-20-18-34(19-21-35)23(2)29-32-28-13-8-7-12-27(28)30(33-29)31-22-25-10-5-4-6-11-25/h4-8,10-17,23H,3,9,18-22H2,1-2H3,(H,31,32,33)/t23-/m1/s1. The number of para-hydroxylation sites is 1. The Morgan fingerprint density at radius 1 is 0.842 bits per heavy atom. The lowest BCUT2D eigenvalue weighted by Crippen LogP contribution is -2.49. The molecule has 8 heteroatoms. The second kappa shape index (κ2) is 11.6. The highest BCUT2D eigenvalue weighted by atomic mass is 32.2. The van der Waals surface area contributed by atoms with Crippen molar-refractivity contribution in [1.82, 2.24) is 19.2 Å². The van der Waals surface area contributed by atoms with Gasteiger partial charge in [0, 0.05) is 38.1 Å². The van der Waals surface area contributed by atoms with Gasteiger partial charge in [-0.2, -0.15) is 4.31 Å². The molecule has 0 spiro atoms. The van der Waals surface area contributed by atoms with Gasteiger partial charge in [-0.05, 0) is 48.7 Å². The maximum atomic E-state index is 13.3. The Morgan fingerprint density at radius 3 is 2.24 bits per heavy atom. The Morgan fingerprint density at radius 2 is 1.53 bits per heavy atom. The van der Waals surface area contributed by atoms with Crippen molar-refractivity contribution in [2.75, 3.05) is 31.5 Å². The fourth-order valence-electron chi connectivity index (χ4n) is 4.96. The number of sulfonamides is 1. The summed E-state index contributed by atoms with van der Waals surface area (Å²) in [5.41, 5.74) is 3.24. The zero-order chi connectivity index (χ0) is 26.5. The van der Waals surface area contributed by atoms with Crippen LogP contribution >= 0.6 is 0 Å². The second-order valence-corrected chi connectivity index (χ2v) is 11.7. The fourth-order valence-corrected chi connectivity index (χ4v) is 6.38. The van der Waals surface area contributed by atoms with Crippen LogP contribution in [0.3, 0.4) is 0 Å². The first kappa shape index (κ1) is 26.3. The molecule has 198 valence electrons. The van der Waals surface area contributed by atoms with Crippen molar-refractivity contribution in [3.8, 4) is 0 Å². The van der Waals surface area contributed by atoms with Crippen LogP contribution in [-0.2, 0) is 23.0 Å². The first-order valence-corrected chi connectivity index (χ1v) is 14.8. The summed E-state index contributed by atoms with van der Waals surface area (Å²) in [4.78, 5) is 12.4. The molecule has 5 rings (SSSR count). The average Bonchev–Trinajstić information content (AvgIpc) is 2.96. The number of nitrogens with zero attached hydrogens (tertiary/aromatic N) is 4. The van der Waals surface area contributed by atoms with E-state index in [9.17, 15) is 8.42 Å². The van der Waals surface area contributed by atoms with Crippen LogP contribution in [0.5, 0.6) is 0 Å². The number of nitrogens with one attached hydrogen (secondary N) is 1. The number of hydrogen-bond acceptors (Lipinski definition) is 6. The molecule has 0 bridgehead atoms. The van der Waals surface area contributed by atoms with Crippen LogP contribution in [0.4, 0.5) is 5.82 Å². The molecule has 4 aromatic rings. The van der Waals surface area contributed by atoms with E-state index in [1.807, 2.05) is 54.6 Å². The molecular formula is C30H35N5O2S. The normalized spacial score (nSPS) is 15.9. The summed E-state index contributed by atoms with van der Waals surface area (Å²) in [7, 11) is -3.51. The molecule has 1 N–H and O–H groups in total. The van der Waals surface area contributed by atoms with E-state index in [-0.39, 0.29) is 6.04 Å². The molecule has 0 saturated carbocycles. The van der Waals surface area contributed by atoms with Gasteiger partial charge >= 0.3 is 0 Å². The number of benzene rings is 3. The number of fused-ring (bicyclic) bond motifs is 1. The first-order chi connectivity index (χ1) is 18.5. The molecule has 1 saturated heterocycles. The van der Waals surface area contributed by atoms with Crippen LogP contribution in [0.25, 0.3) is 10.9 Å². The molecule has 1 aliphatic heterocycles. The van der Waals surface area contributed by atoms with E-state index in [1.165, 1.54) is 5.56 Å². The smallest absolute Gasteiger partial charge is 0.243 e. The lowest BCUT2D eigenvalue weighted by atomic mass is 10.1. The molecule has 1 aromatic heterocycles. The van der Waals surface area contributed by atoms with Gasteiger partial charge in [0.15, 0.2) is 0 Å². The van der Waals surface area contributed by atoms with E-state index in [4.69, 9.17) is 9.97 Å². The molecule has 3 aromatic carbocycles. The summed E-state index contributed by atoms with van der Waals surface area (Å²) in [5.74, 6) is 1.55. The van der Waals surface area contributed by atoms with Crippen molar-refractivity contribution in [1.29, 1.82) is 0 Å². The van der Waals surface area contributed by atoms with Crippen LogP contribution in [0, 0.1) is 0 Å². The zero-order valence-corrected chi connectivity index (χ0v) is 22.9. The molecular weight excluding hydrogens is 494 g/mol. The van der Waals surface area contributed by atoms with Gasteiger partial charge in [0.05, 0.1) is 16.5 Å². The Balaban J connectivity index is 1.29. The van der Waals surface area contributed by atoms with E-state index in [0.29, 0.717) is 37.6 Å². The molecule has 0 aliphatic carbocycles. The molecule has 1 atom stereocenters. The van der Waals surface area contributed by atoms with Gasteiger partial charge in [0.25, 0.3) is 0 Å². The Kier molecular flexibility index (Phi) is 8.02. The molecule has 0 amide bonds. The predicted molar refractivity (Wildman–Crippen MR) is 152 cm³/mol. The van der Waals surface area contributed by atoms with Gasteiger partial charge in [0.2, 0.25) is 10.0 Å². The quantitative estimate of drug-likeness (QED) is 0.319. The summed E-state index contributed by atoms with van der Waals surface area (Å²) >= 11 is 0. The number of aromatic nitrogens is 2. The van der Waals surface area contributed by atoms with E-state index in [1.54, 1.807) is 16.4 Å². The van der Waals surface area contributed by atoms with E-state index in [2.05, 4.69) is 36.2 Å². The number of anilines is 1. The Bertz CT molecular complexity index is 1470. The monoisotopic (exact) mass is 529 g/mol. The molecule has 0 unspecified atom stereocenters. The largest absolute Gasteiger partial charge is 0.365 e. The molecule has 38 heavy (non-hydrogen) atoms. The second-order valence-electron chi connectivity index (χ2n) is 9.80. The number of hydrogen-bond donors (Lipinski definition) is 1. The van der Waals surface area contributed by atoms with Crippen LogP contribution in [0.15, 0.2) is 83.8 Å². The van der Waals surface area contributed by atoms with Crippen LogP contribution < -0.4 is 5.32 Å². The highest BCUT2D eigenvalue weighted by Gasteiger charge is 2.31.